The van der Waals surface area contributed by atoms with Gasteiger partial charge in [0.1, 0.15) is 41.6 Å². The van der Waals surface area contributed by atoms with Gasteiger partial charge in [0.05, 0.1) is 23.4 Å². The van der Waals surface area contributed by atoms with Crippen LogP contribution in [0, 0.1) is 23.0 Å². The van der Waals surface area contributed by atoms with Gasteiger partial charge in [-0.05, 0) is 36.4 Å². The van der Waals surface area contributed by atoms with Gasteiger partial charge in [-0.25, -0.2) is 13.5 Å². The second-order valence-corrected chi connectivity index (χ2v) is 8.86. The quantitative estimate of drug-likeness (QED) is 0.494. The number of nitriles is 1. The van der Waals surface area contributed by atoms with E-state index in [1.54, 1.807) is 12.1 Å². The molecule has 0 radical (unpaired) electrons. The van der Waals surface area contributed by atoms with Crippen molar-refractivity contribution in [1.82, 2.24) is 15.0 Å². The highest BCUT2D eigenvalue weighted by Crippen LogP contribution is 2.39. The molecule has 0 aliphatic carbocycles. The molecule has 0 amide bonds. The number of benzene rings is 2. The molecule has 4 rings (SSSR count). The summed E-state index contributed by atoms with van der Waals surface area (Å²) in [4.78, 5) is 0.593. The second-order valence-electron chi connectivity index (χ2n) is 7.28. The SMILES string of the molecule is N#Cc1ccc(S[C@H]2OC(CO)[C@H](O)C(n3cc(-c4ccc(F)c(F)c4)nn3)C2O)cc1Cl. The third-order valence-corrected chi connectivity index (χ3v) is 6.65. The predicted octanol–water partition coefficient (Wildman–Crippen LogP) is 2.52. The van der Waals surface area contributed by atoms with E-state index >= 15 is 0 Å². The van der Waals surface area contributed by atoms with E-state index in [4.69, 9.17) is 21.6 Å². The fourth-order valence-electron chi connectivity index (χ4n) is 3.48. The number of hydrogen-bond donors (Lipinski definition) is 3. The summed E-state index contributed by atoms with van der Waals surface area (Å²) in [7, 11) is 0. The summed E-state index contributed by atoms with van der Waals surface area (Å²) in [5.74, 6) is -2.05. The maximum atomic E-state index is 13.6. The highest BCUT2D eigenvalue weighted by atomic mass is 35.5. The van der Waals surface area contributed by atoms with Crippen LogP contribution in [0.25, 0.3) is 11.3 Å². The van der Waals surface area contributed by atoms with Crippen molar-refractivity contribution >= 4 is 23.4 Å². The summed E-state index contributed by atoms with van der Waals surface area (Å²) in [6.45, 7) is -0.527. The first-order valence-electron chi connectivity index (χ1n) is 9.68. The lowest BCUT2D eigenvalue weighted by molar-refractivity contribution is -0.178. The molecule has 1 aliphatic heterocycles. The van der Waals surface area contributed by atoms with Crippen molar-refractivity contribution in [3.05, 3.63) is 64.8 Å². The average molecular weight is 495 g/mol. The van der Waals surface area contributed by atoms with Gasteiger partial charge in [-0.3, -0.25) is 0 Å². The largest absolute Gasteiger partial charge is 0.394 e. The summed E-state index contributed by atoms with van der Waals surface area (Å²) < 4.78 is 33.7. The molecule has 2 heterocycles. The van der Waals surface area contributed by atoms with Crippen LogP contribution in [0.5, 0.6) is 0 Å². The summed E-state index contributed by atoms with van der Waals surface area (Å²) in [5.41, 5.74) is -0.188. The summed E-state index contributed by atoms with van der Waals surface area (Å²) in [6, 6.07) is 8.85. The normalized spacial score (nSPS) is 25.1. The Bertz CT molecular complexity index is 1210. The monoisotopic (exact) mass is 494 g/mol. The third kappa shape index (κ3) is 4.72. The third-order valence-electron chi connectivity index (χ3n) is 5.19. The smallest absolute Gasteiger partial charge is 0.159 e. The number of aliphatic hydroxyl groups is 3. The van der Waals surface area contributed by atoms with E-state index in [1.165, 1.54) is 23.0 Å². The standard InChI is InChI=1S/C21H17ClF2N4O4S/c22-13-6-12(3-1-11(13)7-25)33-21-20(31)18(19(30)17(9-29)32-21)28-8-16(26-27-28)10-2-4-14(23)15(24)5-10/h1-6,8,17-21,29-31H,9H2/t17?,18?,19-,20?,21+/m0/s1. The van der Waals surface area contributed by atoms with Crippen LogP contribution in [-0.4, -0.2) is 60.7 Å². The van der Waals surface area contributed by atoms with Crippen molar-refractivity contribution in [1.29, 1.82) is 5.26 Å². The fourth-order valence-corrected chi connectivity index (χ4v) is 4.87. The Balaban J connectivity index is 1.62. The minimum Gasteiger partial charge on any atom is -0.394 e. The van der Waals surface area contributed by atoms with Crippen LogP contribution in [0.3, 0.4) is 0 Å². The zero-order valence-corrected chi connectivity index (χ0v) is 18.3. The van der Waals surface area contributed by atoms with Gasteiger partial charge in [0.25, 0.3) is 0 Å². The van der Waals surface area contributed by atoms with Crippen molar-refractivity contribution in [3.63, 3.8) is 0 Å². The molecule has 0 saturated carbocycles. The van der Waals surface area contributed by atoms with E-state index in [-0.39, 0.29) is 16.3 Å². The van der Waals surface area contributed by atoms with Crippen LogP contribution in [0.4, 0.5) is 8.78 Å². The molecule has 1 aliphatic rings. The van der Waals surface area contributed by atoms with Crippen LogP contribution in [0.1, 0.15) is 11.6 Å². The highest BCUT2D eigenvalue weighted by molar-refractivity contribution is 7.99. The number of thioether (sulfide) groups is 1. The topological polar surface area (TPSA) is 124 Å². The summed E-state index contributed by atoms with van der Waals surface area (Å²) >= 11 is 7.17. The van der Waals surface area contributed by atoms with Crippen LogP contribution in [0.2, 0.25) is 5.02 Å². The molecule has 3 N–H and O–H groups in total. The molecule has 1 saturated heterocycles. The van der Waals surface area contributed by atoms with Gasteiger partial charge in [0.2, 0.25) is 0 Å². The second kappa shape index (κ2) is 9.72. The molecule has 2 aromatic carbocycles. The Morgan fingerprint density at radius 2 is 1.94 bits per heavy atom. The van der Waals surface area contributed by atoms with E-state index in [9.17, 15) is 24.1 Å². The number of ether oxygens (including phenoxy) is 1. The molecule has 8 nitrogen and oxygen atoms in total. The van der Waals surface area contributed by atoms with Crippen LogP contribution < -0.4 is 0 Å². The Morgan fingerprint density at radius 3 is 2.61 bits per heavy atom. The number of aromatic nitrogens is 3. The number of aliphatic hydroxyl groups excluding tert-OH is 3. The lowest BCUT2D eigenvalue weighted by Gasteiger charge is -2.41. The number of hydrogen-bond acceptors (Lipinski definition) is 8. The lowest BCUT2D eigenvalue weighted by Crippen LogP contribution is -2.55. The Labute approximate surface area is 196 Å². The molecule has 3 unspecified atom stereocenters. The molecule has 1 fully saturated rings. The fraction of sp³-hybridized carbons (Fsp3) is 0.286. The molecular formula is C21H17ClF2N4O4S. The first-order valence-corrected chi connectivity index (χ1v) is 10.9. The van der Waals surface area contributed by atoms with Gasteiger partial charge in [0.15, 0.2) is 11.6 Å². The van der Waals surface area contributed by atoms with Crippen molar-refractivity contribution < 1.29 is 28.8 Å². The zero-order chi connectivity index (χ0) is 23.7. The predicted molar refractivity (Wildman–Crippen MR) is 114 cm³/mol. The molecule has 0 spiro atoms. The molecule has 0 bridgehead atoms. The van der Waals surface area contributed by atoms with E-state index in [0.717, 1.165) is 23.9 Å². The van der Waals surface area contributed by atoms with E-state index in [0.29, 0.717) is 10.5 Å². The lowest BCUT2D eigenvalue weighted by atomic mass is 9.97. The van der Waals surface area contributed by atoms with E-state index in [2.05, 4.69) is 10.3 Å². The van der Waals surface area contributed by atoms with E-state index in [1.807, 2.05) is 6.07 Å². The maximum absolute atomic E-state index is 13.6. The summed E-state index contributed by atoms with van der Waals surface area (Å²) in [6.07, 6.45) is -2.31. The molecule has 3 aromatic rings. The van der Waals surface area contributed by atoms with Gasteiger partial charge >= 0.3 is 0 Å². The minimum absolute atomic E-state index is 0.198. The average Bonchev–Trinajstić information content (AvgIpc) is 3.27. The maximum Gasteiger partial charge on any atom is 0.159 e. The van der Waals surface area contributed by atoms with Crippen LogP contribution >= 0.6 is 23.4 Å². The van der Waals surface area contributed by atoms with Crippen molar-refractivity contribution in [2.24, 2.45) is 0 Å². The molecule has 1 aromatic heterocycles. The van der Waals surface area contributed by atoms with Crippen molar-refractivity contribution in [2.75, 3.05) is 6.61 Å². The highest BCUT2D eigenvalue weighted by Gasteiger charge is 2.46. The molecule has 172 valence electrons. The Kier molecular flexibility index (Phi) is 6.94. The van der Waals surface area contributed by atoms with E-state index < -0.39 is 48.0 Å². The summed E-state index contributed by atoms with van der Waals surface area (Å²) in [5, 5.41) is 48.5. The van der Waals surface area contributed by atoms with Gasteiger partial charge in [0, 0.05) is 10.5 Å². The van der Waals surface area contributed by atoms with Crippen molar-refractivity contribution in [2.45, 2.75) is 34.7 Å². The Morgan fingerprint density at radius 1 is 1.15 bits per heavy atom. The van der Waals surface area contributed by atoms with Gasteiger partial charge < -0.3 is 20.1 Å². The molecule has 33 heavy (non-hydrogen) atoms. The molecular weight excluding hydrogens is 478 g/mol. The number of halogens is 3. The number of nitrogens with zero attached hydrogens (tertiary/aromatic N) is 4. The van der Waals surface area contributed by atoms with Gasteiger partial charge in [-0.2, -0.15) is 5.26 Å². The van der Waals surface area contributed by atoms with Gasteiger partial charge in [-0.1, -0.05) is 28.6 Å². The Hall–Kier alpha value is -2.59. The van der Waals surface area contributed by atoms with Crippen LogP contribution in [-0.2, 0) is 4.74 Å². The van der Waals surface area contributed by atoms with Crippen LogP contribution in [0.15, 0.2) is 47.5 Å². The first kappa shape index (κ1) is 23.6. The number of rotatable bonds is 5. The molecule has 5 atom stereocenters. The van der Waals surface area contributed by atoms with Crippen molar-refractivity contribution in [3.8, 4) is 17.3 Å². The molecule has 12 heteroatoms. The minimum atomic E-state index is -1.34. The van der Waals surface area contributed by atoms with Gasteiger partial charge in [-0.15, -0.1) is 5.10 Å². The zero-order valence-electron chi connectivity index (χ0n) is 16.7. The first-order chi connectivity index (χ1) is 15.8.